The molecule has 5 heteroatoms. The molecule has 14 heavy (non-hydrogen) atoms. The van der Waals surface area contributed by atoms with Gasteiger partial charge < -0.3 is 19.4 Å². The molecule has 0 spiro atoms. The Morgan fingerprint density at radius 3 is 1.29 bits per heavy atom. The van der Waals surface area contributed by atoms with Crippen LogP contribution < -0.4 is 5.73 Å². The number of nitrogens with two attached hydrogens (primary N) is 1. The van der Waals surface area contributed by atoms with Crippen LogP contribution in [0.3, 0.4) is 0 Å². The molecule has 0 aromatic carbocycles. The summed E-state index contributed by atoms with van der Waals surface area (Å²) in [7, 11) is 10.9. The Hall–Kier alpha value is 0.0569. The van der Waals surface area contributed by atoms with Gasteiger partial charge in [0, 0.05) is 5.67 Å². The van der Waals surface area contributed by atoms with Crippen molar-refractivity contribution in [1.29, 1.82) is 0 Å². The second-order valence-electron chi connectivity index (χ2n) is 4.39. The van der Waals surface area contributed by atoms with E-state index in [0.717, 1.165) is 6.42 Å². The van der Waals surface area contributed by atoms with Crippen LogP contribution in [0.4, 0.5) is 0 Å². The minimum atomic E-state index is -1.85. The molecule has 86 valence electrons. The van der Waals surface area contributed by atoms with E-state index in [1.165, 1.54) is 0 Å². The molecule has 1 unspecified atom stereocenters. The lowest BCUT2D eigenvalue weighted by atomic mass is 10.5. The molecule has 0 aliphatic rings. The quantitative estimate of drug-likeness (QED) is 0.653. The van der Waals surface area contributed by atoms with Crippen LogP contribution in [-0.4, -0.2) is 70.2 Å². The number of hydrogen-bond donors (Lipinski definition) is 1. The van der Waals surface area contributed by atoms with Crippen LogP contribution in [0.15, 0.2) is 0 Å². The van der Waals surface area contributed by atoms with Crippen molar-refractivity contribution in [3.63, 3.8) is 0 Å². The summed E-state index contributed by atoms with van der Waals surface area (Å²) in [5, 5.41) is 0. The highest BCUT2D eigenvalue weighted by atomic mass is 28.4. The van der Waals surface area contributed by atoms with Gasteiger partial charge in [-0.15, -0.1) is 0 Å². The lowest BCUT2D eigenvalue weighted by molar-refractivity contribution is 0.355. The first-order chi connectivity index (χ1) is 6.31. The highest BCUT2D eigenvalue weighted by molar-refractivity contribution is 6.73. The van der Waals surface area contributed by atoms with E-state index in [1.807, 2.05) is 0 Å². The summed E-state index contributed by atoms with van der Waals surface area (Å²) in [4.78, 5) is 0. The van der Waals surface area contributed by atoms with Gasteiger partial charge in [-0.3, -0.25) is 0 Å². The largest absolute Gasteiger partial charge is 0.327 e. The standard InChI is InChI=1S/C9H26N4Si/c1-8-9(10)14(11(2)3,12(4)5)13(6)7/h9H,8,10H2,1-7H3. The first kappa shape index (κ1) is 14.1. The zero-order valence-electron chi connectivity index (χ0n) is 10.7. The Kier molecular flexibility index (Phi) is 5.25. The highest BCUT2D eigenvalue weighted by Crippen LogP contribution is 2.17. The predicted molar refractivity (Wildman–Crippen MR) is 65.1 cm³/mol. The number of rotatable bonds is 5. The molecule has 0 saturated heterocycles. The highest BCUT2D eigenvalue weighted by Gasteiger charge is 2.47. The van der Waals surface area contributed by atoms with E-state index in [1.54, 1.807) is 0 Å². The molecule has 2 N–H and O–H groups in total. The van der Waals surface area contributed by atoms with Gasteiger partial charge >= 0.3 is 8.56 Å². The molecule has 0 amide bonds. The molecule has 0 aromatic rings. The number of nitrogens with zero attached hydrogens (tertiary/aromatic N) is 3. The molecular weight excluding hydrogens is 192 g/mol. The fourth-order valence-electron chi connectivity index (χ4n) is 2.47. The van der Waals surface area contributed by atoms with Crippen LogP contribution in [0.2, 0.25) is 0 Å². The summed E-state index contributed by atoms with van der Waals surface area (Å²) in [6.07, 6.45) is 1.01. The summed E-state index contributed by atoms with van der Waals surface area (Å²) < 4.78 is 6.92. The first-order valence-electron chi connectivity index (χ1n) is 5.09. The molecule has 4 nitrogen and oxygen atoms in total. The maximum atomic E-state index is 6.29. The van der Waals surface area contributed by atoms with Crippen LogP contribution >= 0.6 is 0 Å². The molecular formula is C9H26N4Si. The van der Waals surface area contributed by atoms with Crippen molar-refractivity contribution in [3.05, 3.63) is 0 Å². The van der Waals surface area contributed by atoms with Gasteiger partial charge in [-0.1, -0.05) is 6.92 Å². The molecule has 0 radical (unpaired) electrons. The zero-order chi connectivity index (χ0) is 11.5. The van der Waals surface area contributed by atoms with Crippen molar-refractivity contribution in [2.75, 3.05) is 42.3 Å². The Morgan fingerprint density at radius 1 is 0.929 bits per heavy atom. The fourth-order valence-corrected chi connectivity index (χ4v) is 7.41. The van der Waals surface area contributed by atoms with E-state index in [-0.39, 0.29) is 5.67 Å². The van der Waals surface area contributed by atoms with Crippen molar-refractivity contribution in [2.45, 2.75) is 19.0 Å². The smallest absolute Gasteiger partial charge is 0.305 e. The van der Waals surface area contributed by atoms with E-state index in [4.69, 9.17) is 5.73 Å². The van der Waals surface area contributed by atoms with Crippen LogP contribution in [0, 0.1) is 0 Å². The van der Waals surface area contributed by atoms with Gasteiger partial charge in [-0.05, 0) is 48.7 Å². The molecule has 0 aliphatic heterocycles. The minimum absolute atomic E-state index is 0.238. The van der Waals surface area contributed by atoms with E-state index < -0.39 is 8.56 Å². The number of hydrogen-bond acceptors (Lipinski definition) is 4. The van der Waals surface area contributed by atoms with Gasteiger partial charge in [0.25, 0.3) is 0 Å². The summed E-state index contributed by atoms with van der Waals surface area (Å²) in [6, 6.07) is 0. The van der Waals surface area contributed by atoms with E-state index in [0.29, 0.717) is 0 Å². The SMILES string of the molecule is CCC(N)[Si](N(C)C)(N(C)C)N(C)C. The van der Waals surface area contributed by atoms with Gasteiger partial charge in [-0.2, -0.15) is 0 Å². The maximum Gasteiger partial charge on any atom is 0.305 e. The van der Waals surface area contributed by atoms with Crippen molar-refractivity contribution >= 4 is 8.56 Å². The van der Waals surface area contributed by atoms with E-state index >= 15 is 0 Å². The predicted octanol–water partition coefficient (Wildman–Crippen LogP) is -0.113. The third kappa shape index (κ3) is 2.17. The summed E-state index contributed by atoms with van der Waals surface area (Å²) in [5.41, 5.74) is 6.53. The Bertz CT molecular complexity index is 148. The molecule has 1 atom stereocenters. The normalized spacial score (nSPS) is 15.6. The molecule has 0 saturated carbocycles. The van der Waals surface area contributed by atoms with Crippen molar-refractivity contribution in [2.24, 2.45) is 5.73 Å². The Balaban J connectivity index is 5.16. The van der Waals surface area contributed by atoms with Crippen LogP contribution in [-0.2, 0) is 0 Å². The second-order valence-corrected chi connectivity index (χ2v) is 9.18. The van der Waals surface area contributed by atoms with Crippen LogP contribution in [0.25, 0.3) is 0 Å². The first-order valence-corrected chi connectivity index (χ1v) is 7.01. The van der Waals surface area contributed by atoms with Crippen molar-refractivity contribution in [1.82, 2.24) is 13.7 Å². The van der Waals surface area contributed by atoms with Crippen molar-refractivity contribution in [3.8, 4) is 0 Å². The van der Waals surface area contributed by atoms with Gasteiger partial charge in [0.05, 0.1) is 0 Å². The molecule has 0 heterocycles. The molecule has 0 bridgehead atoms. The minimum Gasteiger partial charge on any atom is -0.327 e. The van der Waals surface area contributed by atoms with Gasteiger partial charge in [0.1, 0.15) is 0 Å². The fraction of sp³-hybridized carbons (Fsp3) is 1.00. The monoisotopic (exact) mass is 218 g/mol. The van der Waals surface area contributed by atoms with Crippen molar-refractivity contribution < 1.29 is 0 Å². The van der Waals surface area contributed by atoms with E-state index in [2.05, 4.69) is 62.9 Å². The third-order valence-electron chi connectivity index (χ3n) is 2.91. The Morgan fingerprint density at radius 2 is 1.21 bits per heavy atom. The van der Waals surface area contributed by atoms with Gasteiger partial charge in [-0.25, -0.2) is 0 Å². The van der Waals surface area contributed by atoms with Gasteiger partial charge in [0.15, 0.2) is 0 Å². The summed E-state index contributed by atoms with van der Waals surface area (Å²) in [6.45, 7) is 2.16. The van der Waals surface area contributed by atoms with Crippen LogP contribution in [0.5, 0.6) is 0 Å². The second kappa shape index (κ2) is 5.23. The molecule has 0 rings (SSSR count). The maximum absolute atomic E-state index is 6.29. The third-order valence-corrected chi connectivity index (χ3v) is 8.26. The summed E-state index contributed by atoms with van der Waals surface area (Å²) >= 11 is 0. The Labute approximate surface area is 89.9 Å². The molecule has 0 aliphatic carbocycles. The average Bonchev–Trinajstić information content (AvgIpc) is 2.02. The summed E-state index contributed by atoms with van der Waals surface area (Å²) in [5.74, 6) is 0. The lowest BCUT2D eigenvalue weighted by Crippen LogP contribution is -2.78. The van der Waals surface area contributed by atoms with Gasteiger partial charge in [0.2, 0.25) is 0 Å². The van der Waals surface area contributed by atoms with E-state index in [9.17, 15) is 0 Å². The zero-order valence-corrected chi connectivity index (χ0v) is 11.7. The average molecular weight is 218 g/mol. The molecule has 0 aromatic heterocycles. The van der Waals surface area contributed by atoms with Crippen LogP contribution in [0.1, 0.15) is 13.3 Å². The topological polar surface area (TPSA) is 35.7 Å². The lowest BCUT2D eigenvalue weighted by Gasteiger charge is -2.49. The molecule has 0 fully saturated rings.